The maximum Gasteiger partial charge on any atom is 0.214 e. The van der Waals surface area contributed by atoms with Gasteiger partial charge in [0.25, 0.3) is 0 Å². The number of phenols is 1. The van der Waals surface area contributed by atoms with Gasteiger partial charge in [-0.05, 0) is 46.8 Å². The van der Waals surface area contributed by atoms with E-state index in [1.54, 1.807) is 28.9 Å². The summed E-state index contributed by atoms with van der Waals surface area (Å²) in [4.78, 5) is 8.88. The number of fused-ring (bicyclic) bond motifs is 1. The molecule has 0 bridgehead atoms. The molecule has 0 amide bonds. The van der Waals surface area contributed by atoms with Crippen LogP contribution in [-0.4, -0.2) is 35.3 Å². The van der Waals surface area contributed by atoms with Gasteiger partial charge in [-0.25, -0.2) is 9.97 Å². The van der Waals surface area contributed by atoms with Gasteiger partial charge in [0.2, 0.25) is 5.16 Å². The third-order valence-electron chi connectivity index (χ3n) is 3.54. The average Bonchev–Trinajstić information content (AvgIpc) is 3.09. The predicted octanol–water partition coefficient (Wildman–Crippen LogP) is 2.19. The average molecular weight is 351 g/mol. The van der Waals surface area contributed by atoms with Crippen molar-refractivity contribution in [3.05, 3.63) is 54.4 Å². The number of tetrazole rings is 1. The fraction of sp³-hybridized carbons (Fsp3) is 0.0625. The molecular weight excluding hydrogens is 338 g/mol. The minimum absolute atomic E-state index is 0.186. The molecule has 3 N–H and O–H groups in total. The minimum atomic E-state index is 0.186. The van der Waals surface area contributed by atoms with Gasteiger partial charge in [0.15, 0.2) is 0 Å². The number of rotatable bonds is 4. The Kier molecular flexibility index (Phi) is 3.90. The number of nitrogens with two attached hydrogens (primary N) is 1. The molecule has 4 aromatic rings. The number of phenolic OH excluding ortho intramolecular Hbond substituents is 1. The van der Waals surface area contributed by atoms with E-state index in [2.05, 4.69) is 25.5 Å². The highest BCUT2D eigenvalue weighted by atomic mass is 32.2. The van der Waals surface area contributed by atoms with Gasteiger partial charge in [-0.1, -0.05) is 23.9 Å². The number of hydrogen-bond donors (Lipinski definition) is 2. The Bertz CT molecular complexity index is 1030. The van der Waals surface area contributed by atoms with E-state index in [-0.39, 0.29) is 5.75 Å². The highest BCUT2D eigenvalue weighted by molar-refractivity contribution is 7.98. The molecule has 124 valence electrons. The van der Waals surface area contributed by atoms with Gasteiger partial charge in [-0.15, -0.1) is 5.10 Å². The molecule has 8 nitrogen and oxygen atoms in total. The summed E-state index contributed by atoms with van der Waals surface area (Å²) >= 11 is 1.41. The van der Waals surface area contributed by atoms with Crippen molar-refractivity contribution in [2.75, 3.05) is 5.73 Å². The Labute approximate surface area is 146 Å². The third-order valence-corrected chi connectivity index (χ3v) is 4.46. The van der Waals surface area contributed by atoms with Crippen molar-refractivity contribution in [3.8, 4) is 11.4 Å². The zero-order chi connectivity index (χ0) is 17.2. The first-order valence-electron chi connectivity index (χ1n) is 7.42. The van der Waals surface area contributed by atoms with Crippen LogP contribution in [0, 0.1) is 0 Å². The fourth-order valence-electron chi connectivity index (χ4n) is 2.37. The predicted molar refractivity (Wildman–Crippen MR) is 94.3 cm³/mol. The molecule has 25 heavy (non-hydrogen) atoms. The molecule has 0 saturated carbocycles. The molecule has 2 aromatic carbocycles. The maximum absolute atomic E-state index is 9.39. The summed E-state index contributed by atoms with van der Waals surface area (Å²) in [7, 11) is 0. The quantitative estimate of drug-likeness (QED) is 0.538. The van der Waals surface area contributed by atoms with Crippen LogP contribution in [0.5, 0.6) is 5.75 Å². The molecule has 0 unspecified atom stereocenters. The van der Waals surface area contributed by atoms with Gasteiger partial charge in [0, 0.05) is 5.39 Å². The first kappa shape index (κ1) is 15.3. The normalized spacial score (nSPS) is 11.0. The summed E-state index contributed by atoms with van der Waals surface area (Å²) in [6.45, 7) is 0. The highest BCUT2D eigenvalue weighted by Gasteiger charge is 2.11. The zero-order valence-electron chi connectivity index (χ0n) is 12.9. The van der Waals surface area contributed by atoms with E-state index in [0.717, 1.165) is 16.6 Å². The Morgan fingerprint density at radius 3 is 2.68 bits per heavy atom. The molecule has 0 spiro atoms. The Morgan fingerprint density at radius 1 is 1.04 bits per heavy atom. The largest absolute Gasteiger partial charge is 0.508 e. The van der Waals surface area contributed by atoms with Crippen molar-refractivity contribution in [1.29, 1.82) is 0 Å². The summed E-state index contributed by atoms with van der Waals surface area (Å²) < 4.78 is 1.59. The van der Waals surface area contributed by atoms with Gasteiger partial charge in [-0.3, -0.25) is 0 Å². The monoisotopic (exact) mass is 351 g/mol. The molecule has 4 rings (SSSR count). The molecule has 0 aliphatic rings. The Balaban J connectivity index is 1.58. The molecule has 2 heterocycles. The van der Waals surface area contributed by atoms with E-state index in [1.807, 2.05) is 24.3 Å². The smallest absolute Gasteiger partial charge is 0.214 e. The molecule has 0 fully saturated rings. The van der Waals surface area contributed by atoms with E-state index < -0.39 is 0 Å². The van der Waals surface area contributed by atoms with Crippen LogP contribution in [0.4, 0.5) is 5.82 Å². The second kappa shape index (κ2) is 6.36. The van der Waals surface area contributed by atoms with Crippen LogP contribution in [-0.2, 0) is 5.75 Å². The van der Waals surface area contributed by atoms with Gasteiger partial charge >= 0.3 is 0 Å². The lowest BCUT2D eigenvalue weighted by molar-refractivity contribution is 0.475. The second-order valence-corrected chi connectivity index (χ2v) is 6.16. The lowest BCUT2D eigenvalue weighted by Gasteiger charge is -2.06. The molecule has 0 saturated heterocycles. The maximum atomic E-state index is 9.39. The van der Waals surface area contributed by atoms with Crippen LogP contribution in [0.2, 0.25) is 0 Å². The van der Waals surface area contributed by atoms with Crippen molar-refractivity contribution in [2.45, 2.75) is 10.9 Å². The number of aromatic hydroxyl groups is 1. The first-order chi connectivity index (χ1) is 12.2. The number of aromatic nitrogens is 6. The number of nitrogen functional groups attached to an aromatic ring is 1. The molecule has 0 aliphatic heterocycles. The summed E-state index contributed by atoms with van der Waals surface area (Å²) in [5.41, 5.74) is 7.57. The lowest BCUT2D eigenvalue weighted by atomic mass is 10.2. The Morgan fingerprint density at radius 2 is 1.84 bits per heavy atom. The van der Waals surface area contributed by atoms with E-state index in [0.29, 0.717) is 22.6 Å². The van der Waals surface area contributed by atoms with Gasteiger partial charge < -0.3 is 10.8 Å². The van der Waals surface area contributed by atoms with Crippen LogP contribution in [0.15, 0.2) is 53.7 Å². The van der Waals surface area contributed by atoms with Crippen LogP contribution in [0.3, 0.4) is 0 Å². The van der Waals surface area contributed by atoms with E-state index >= 15 is 0 Å². The van der Waals surface area contributed by atoms with Gasteiger partial charge in [0.05, 0.1) is 17.0 Å². The lowest BCUT2D eigenvalue weighted by Crippen LogP contribution is -2.02. The van der Waals surface area contributed by atoms with Gasteiger partial charge in [0.1, 0.15) is 17.4 Å². The van der Waals surface area contributed by atoms with E-state index in [4.69, 9.17) is 5.73 Å². The Hall–Kier alpha value is -3.20. The number of nitrogens with zero attached hydrogens (tertiary/aromatic N) is 6. The van der Waals surface area contributed by atoms with Crippen LogP contribution < -0.4 is 5.73 Å². The number of para-hydroxylation sites is 1. The number of hydrogen-bond acceptors (Lipinski definition) is 8. The van der Waals surface area contributed by atoms with Crippen molar-refractivity contribution >= 4 is 28.5 Å². The highest BCUT2D eigenvalue weighted by Crippen LogP contribution is 2.24. The molecular formula is C16H13N7OS. The van der Waals surface area contributed by atoms with Crippen LogP contribution >= 0.6 is 11.8 Å². The fourth-order valence-corrected chi connectivity index (χ4v) is 3.12. The minimum Gasteiger partial charge on any atom is -0.508 e. The molecule has 0 aliphatic carbocycles. The van der Waals surface area contributed by atoms with Crippen molar-refractivity contribution in [2.24, 2.45) is 0 Å². The third kappa shape index (κ3) is 3.09. The van der Waals surface area contributed by atoms with Gasteiger partial charge in [-0.2, -0.15) is 4.68 Å². The SMILES string of the molecule is Nc1nc(CSc2nnnn2-c2ccc(O)cc2)nc2ccccc12. The number of benzene rings is 2. The van der Waals surface area contributed by atoms with Crippen molar-refractivity contribution in [3.63, 3.8) is 0 Å². The van der Waals surface area contributed by atoms with E-state index in [9.17, 15) is 5.11 Å². The van der Waals surface area contributed by atoms with Crippen LogP contribution in [0.25, 0.3) is 16.6 Å². The second-order valence-electron chi connectivity index (χ2n) is 5.22. The standard InChI is InChI=1S/C16H13N7OS/c17-15-12-3-1-2-4-13(12)18-14(19-15)9-25-16-20-21-22-23(16)10-5-7-11(24)8-6-10/h1-8,24H,9H2,(H2,17,18,19). The summed E-state index contributed by atoms with van der Waals surface area (Å²) in [5, 5.41) is 22.6. The number of thioether (sulfide) groups is 1. The van der Waals surface area contributed by atoms with Crippen LogP contribution in [0.1, 0.15) is 5.82 Å². The molecule has 0 radical (unpaired) electrons. The zero-order valence-corrected chi connectivity index (χ0v) is 13.8. The first-order valence-corrected chi connectivity index (χ1v) is 8.41. The number of anilines is 1. The molecule has 9 heteroatoms. The summed E-state index contributed by atoms with van der Waals surface area (Å²) in [6, 6.07) is 14.3. The van der Waals surface area contributed by atoms with Crippen molar-refractivity contribution in [1.82, 2.24) is 30.2 Å². The van der Waals surface area contributed by atoms with E-state index in [1.165, 1.54) is 11.8 Å². The summed E-state index contributed by atoms with van der Waals surface area (Å²) in [6.07, 6.45) is 0. The van der Waals surface area contributed by atoms with Crippen molar-refractivity contribution < 1.29 is 5.11 Å². The summed E-state index contributed by atoms with van der Waals surface area (Å²) in [5.74, 6) is 1.74. The molecule has 2 aromatic heterocycles. The molecule has 0 atom stereocenters. The topological polar surface area (TPSA) is 116 Å².